The average molecular weight is 186 g/mol. The largest absolute Gasteiger partial charge is 0.465 e. The van der Waals surface area contributed by atoms with Gasteiger partial charge in [-0.2, -0.15) is 13.2 Å². The van der Waals surface area contributed by atoms with Crippen LogP contribution in [0.25, 0.3) is 0 Å². The molecule has 0 heterocycles. The third-order valence-corrected chi connectivity index (χ3v) is 1.15. The molecule has 3 nitrogen and oxygen atoms in total. The quantitative estimate of drug-likeness (QED) is 0.660. The molecule has 0 saturated carbocycles. The molecule has 72 valence electrons. The molecule has 0 aromatic rings. The predicted molar refractivity (Wildman–Crippen MR) is 33.3 cm³/mol. The van der Waals surface area contributed by atoms with Gasteiger partial charge in [-0.3, -0.25) is 4.79 Å². The molecule has 6 heteroatoms. The molecule has 0 radical (unpaired) electrons. The van der Waals surface area contributed by atoms with Gasteiger partial charge >= 0.3 is 12.1 Å². The lowest BCUT2D eigenvalue weighted by Crippen LogP contribution is -2.35. The Balaban J connectivity index is 4.25. The maximum absolute atomic E-state index is 11.8. The molecule has 0 aromatic carbocycles. The van der Waals surface area contributed by atoms with Crippen molar-refractivity contribution in [3.05, 3.63) is 0 Å². The molecule has 0 bridgehead atoms. The second-order valence-corrected chi connectivity index (χ2v) is 2.03. The molecular formula is C6H9F3O3. The van der Waals surface area contributed by atoms with E-state index in [1.54, 1.807) is 0 Å². The first kappa shape index (κ1) is 11.2. The molecule has 0 rings (SSSR count). The Bertz CT molecular complexity index is 155. The molecule has 0 aliphatic heterocycles. The van der Waals surface area contributed by atoms with Gasteiger partial charge < -0.3 is 9.84 Å². The minimum Gasteiger partial charge on any atom is -0.465 e. The summed E-state index contributed by atoms with van der Waals surface area (Å²) in [7, 11) is 0. The first-order valence-electron chi connectivity index (χ1n) is 3.27. The van der Waals surface area contributed by atoms with Gasteiger partial charge in [-0.25, -0.2) is 0 Å². The molecule has 12 heavy (non-hydrogen) atoms. The summed E-state index contributed by atoms with van der Waals surface area (Å²) >= 11 is 0. The summed E-state index contributed by atoms with van der Waals surface area (Å²) in [5.41, 5.74) is 0. The molecule has 0 fully saturated rings. The van der Waals surface area contributed by atoms with Crippen molar-refractivity contribution in [2.24, 2.45) is 5.92 Å². The number of carbonyl (C=O) groups excluding carboxylic acids is 1. The smallest absolute Gasteiger partial charge is 0.404 e. The lowest BCUT2D eigenvalue weighted by Gasteiger charge is -2.15. The van der Waals surface area contributed by atoms with Gasteiger partial charge in [0.15, 0.2) is 5.92 Å². The van der Waals surface area contributed by atoms with Crippen LogP contribution in [-0.4, -0.2) is 30.5 Å². The maximum Gasteiger partial charge on any atom is 0.404 e. The molecular weight excluding hydrogens is 177 g/mol. The molecule has 1 atom stereocenters. The molecule has 0 spiro atoms. The van der Waals surface area contributed by atoms with Crippen LogP contribution in [0, 0.1) is 5.92 Å². The zero-order valence-electron chi connectivity index (χ0n) is 6.39. The predicted octanol–water partition coefficient (Wildman–Crippen LogP) is 0.720. The van der Waals surface area contributed by atoms with E-state index < -0.39 is 24.7 Å². The summed E-state index contributed by atoms with van der Waals surface area (Å²) < 4.78 is 39.6. The Hall–Kier alpha value is -0.780. The second kappa shape index (κ2) is 4.30. The molecule has 0 amide bonds. The molecule has 1 unspecified atom stereocenters. The topological polar surface area (TPSA) is 46.5 Å². The van der Waals surface area contributed by atoms with Crippen LogP contribution in [0.4, 0.5) is 13.2 Å². The van der Waals surface area contributed by atoms with E-state index in [0.717, 1.165) is 0 Å². The van der Waals surface area contributed by atoms with Crippen LogP contribution >= 0.6 is 0 Å². The van der Waals surface area contributed by atoms with Crippen molar-refractivity contribution in [1.29, 1.82) is 0 Å². The summed E-state index contributed by atoms with van der Waals surface area (Å²) in [6.45, 7) is -0.0174. The van der Waals surface area contributed by atoms with Gasteiger partial charge in [0, 0.05) is 0 Å². The summed E-state index contributed by atoms with van der Waals surface area (Å²) in [5.74, 6) is -3.86. The van der Waals surface area contributed by atoms with Gasteiger partial charge in [-0.15, -0.1) is 0 Å². The van der Waals surface area contributed by atoms with Crippen LogP contribution in [0.1, 0.15) is 6.92 Å². The van der Waals surface area contributed by atoms with Crippen molar-refractivity contribution < 1.29 is 27.8 Å². The Kier molecular flexibility index (Phi) is 4.02. The van der Waals surface area contributed by atoms with Gasteiger partial charge in [-0.05, 0) is 6.92 Å². The van der Waals surface area contributed by atoms with Crippen LogP contribution in [0.15, 0.2) is 0 Å². The standard InChI is InChI=1S/C6H9F3O3/c1-2-12-5(11)4(3-10)6(7,8)9/h4,10H,2-3H2,1H3. The van der Waals surface area contributed by atoms with Gasteiger partial charge in [0.25, 0.3) is 0 Å². The van der Waals surface area contributed by atoms with E-state index in [-0.39, 0.29) is 6.61 Å². The number of aliphatic hydroxyl groups excluding tert-OH is 1. The minimum atomic E-state index is -4.74. The van der Waals surface area contributed by atoms with Crippen molar-refractivity contribution in [2.75, 3.05) is 13.2 Å². The number of esters is 1. The fraction of sp³-hybridized carbons (Fsp3) is 0.833. The first-order valence-corrected chi connectivity index (χ1v) is 3.27. The van der Waals surface area contributed by atoms with Gasteiger partial charge in [0.2, 0.25) is 0 Å². The SMILES string of the molecule is CCOC(=O)C(CO)C(F)(F)F. The minimum absolute atomic E-state index is 0.134. The number of alkyl halides is 3. The molecule has 0 aromatic heterocycles. The summed E-state index contributed by atoms with van der Waals surface area (Å²) in [6.07, 6.45) is -4.74. The van der Waals surface area contributed by atoms with Crippen molar-refractivity contribution >= 4 is 5.97 Å². The molecule has 1 N–H and O–H groups in total. The lowest BCUT2D eigenvalue weighted by atomic mass is 10.1. The molecule has 0 aliphatic carbocycles. The highest BCUT2D eigenvalue weighted by Crippen LogP contribution is 2.26. The third kappa shape index (κ3) is 3.08. The summed E-state index contributed by atoms with van der Waals surface area (Å²) in [5, 5.41) is 8.24. The fourth-order valence-corrected chi connectivity index (χ4v) is 0.555. The molecule has 0 aliphatic rings. The van der Waals surface area contributed by atoms with Crippen molar-refractivity contribution in [1.82, 2.24) is 0 Å². The fourth-order valence-electron chi connectivity index (χ4n) is 0.555. The van der Waals surface area contributed by atoms with Crippen molar-refractivity contribution in [3.63, 3.8) is 0 Å². The maximum atomic E-state index is 11.8. The Morgan fingerprint density at radius 1 is 1.58 bits per heavy atom. The first-order chi connectivity index (χ1) is 5.43. The van der Waals surface area contributed by atoms with E-state index in [9.17, 15) is 18.0 Å². The number of aliphatic hydroxyl groups is 1. The summed E-state index contributed by atoms with van der Waals surface area (Å²) in [4.78, 5) is 10.5. The average Bonchev–Trinajstić information content (AvgIpc) is 1.85. The van der Waals surface area contributed by atoms with E-state index >= 15 is 0 Å². The monoisotopic (exact) mass is 186 g/mol. The van der Waals surface area contributed by atoms with Crippen LogP contribution in [0.3, 0.4) is 0 Å². The normalized spacial score (nSPS) is 14.1. The van der Waals surface area contributed by atoms with E-state index in [0.29, 0.717) is 0 Å². The van der Waals surface area contributed by atoms with E-state index in [1.165, 1.54) is 6.92 Å². The Labute approximate surface area is 67.1 Å². The second-order valence-electron chi connectivity index (χ2n) is 2.03. The zero-order valence-corrected chi connectivity index (χ0v) is 6.39. The van der Waals surface area contributed by atoms with Crippen LogP contribution in [-0.2, 0) is 9.53 Å². The number of rotatable bonds is 3. The van der Waals surface area contributed by atoms with Gasteiger partial charge in [0.05, 0.1) is 13.2 Å². The van der Waals surface area contributed by atoms with Crippen molar-refractivity contribution in [3.8, 4) is 0 Å². The zero-order chi connectivity index (χ0) is 9.78. The van der Waals surface area contributed by atoms with E-state index in [1.807, 2.05) is 0 Å². The number of halogens is 3. The highest BCUT2D eigenvalue weighted by atomic mass is 19.4. The molecule has 0 saturated heterocycles. The van der Waals surface area contributed by atoms with Crippen molar-refractivity contribution in [2.45, 2.75) is 13.1 Å². The third-order valence-electron chi connectivity index (χ3n) is 1.15. The number of hydrogen-bond acceptors (Lipinski definition) is 3. The number of carbonyl (C=O) groups is 1. The Morgan fingerprint density at radius 2 is 2.08 bits per heavy atom. The number of hydrogen-bond donors (Lipinski definition) is 1. The van der Waals surface area contributed by atoms with Gasteiger partial charge in [0.1, 0.15) is 0 Å². The Morgan fingerprint density at radius 3 is 2.33 bits per heavy atom. The van der Waals surface area contributed by atoms with Crippen LogP contribution in [0.2, 0.25) is 0 Å². The highest BCUT2D eigenvalue weighted by molar-refractivity contribution is 5.73. The van der Waals surface area contributed by atoms with Crippen LogP contribution in [0.5, 0.6) is 0 Å². The lowest BCUT2D eigenvalue weighted by molar-refractivity contribution is -0.203. The highest BCUT2D eigenvalue weighted by Gasteiger charge is 2.45. The number of ether oxygens (including phenoxy) is 1. The summed E-state index contributed by atoms with van der Waals surface area (Å²) in [6, 6.07) is 0. The van der Waals surface area contributed by atoms with E-state index in [2.05, 4.69) is 4.74 Å². The van der Waals surface area contributed by atoms with E-state index in [4.69, 9.17) is 5.11 Å². The van der Waals surface area contributed by atoms with Crippen LogP contribution < -0.4 is 0 Å². The van der Waals surface area contributed by atoms with Gasteiger partial charge in [-0.1, -0.05) is 0 Å².